The number of nitrogens with one attached hydrogen (secondary N) is 1. The Bertz CT molecular complexity index is 1110. The van der Waals surface area contributed by atoms with E-state index in [4.69, 9.17) is 9.47 Å². The molecule has 0 saturated heterocycles. The van der Waals surface area contributed by atoms with Gasteiger partial charge in [0, 0.05) is 29.7 Å². The average Bonchev–Trinajstić information content (AvgIpc) is 3.04. The van der Waals surface area contributed by atoms with E-state index in [-0.39, 0.29) is 28.5 Å². The van der Waals surface area contributed by atoms with Crippen molar-refractivity contribution in [2.45, 2.75) is 19.9 Å². The topological polar surface area (TPSA) is 102 Å². The Morgan fingerprint density at radius 1 is 1.15 bits per heavy atom. The summed E-state index contributed by atoms with van der Waals surface area (Å²) in [5, 5.41) is 2.60. The number of methoxy groups -OCH3 is 1. The molecule has 2 atom stereocenters. The lowest BCUT2D eigenvalue weighted by Gasteiger charge is -2.26. The van der Waals surface area contributed by atoms with Crippen LogP contribution >= 0.6 is 0 Å². The monoisotopic (exact) mass is 470 g/mol. The van der Waals surface area contributed by atoms with E-state index in [2.05, 4.69) is 18.2 Å². The first-order chi connectivity index (χ1) is 15.8. The summed E-state index contributed by atoms with van der Waals surface area (Å²) in [5.74, 6) is -0.374. The fraction of sp³-hybridized carbons (Fsp3) is 0.292. The zero-order valence-electron chi connectivity index (χ0n) is 18.9. The number of ether oxygens (including phenoxy) is 2. The summed E-state index contributed by atoms with van der Waals surface area (Å²) < 4.78 is 23.1. The van der Waals surface area contributed by atoms with Gasteiger partial charge in [0.1, 0.15) is 0 Å². The number of hydrogen-bond donors (Lipinski definition) is 1. The second kappa shape index (κ2) is 11.3. The molecule has 2 aromatic carbocycles. The fourth-order valence-corrected chi connectivity index (χ4v) is 4.38. The summed E-state index contributed by atoms with van der Waals surface area (Å²) in [6.07, 6.45) is 9.51. The summed E-state index contributed by atoms with van der Waals surface area (Å²) in [5.41, 5.74) is 1.19. The van der Waals surface area contributed by atoms with Crippen molar-refractivity contribution >= 4 is 34.2 Å². The first-order valence-corrected chi connectivity index (χ1v) is 11.7. The molecule has 8 nitrogen and oxygen atoms in total. The summed E-state index contributed by atoms with van der Waals surface area (Å²) in [6, 6.07) is 9.03. The standard InChI is InChI=1S/C22H24N2O6S.C2H2/c1-5-30-19-11-14(9-10-18(19)29-3)17(12-31(4)28)24-21(26)15-7-6-8-16(23-13(2)25)20(15)22(24)27;1-2/h6-11,17H,5,12H2,1-4H3,(H,23,25);1-2H/t17-,31?;/m1./s1. The maximum absolute atomic E-state index is 13.3. The number of anilines is 1. The maximum atomic E-state index is 13.3. The normalized spacial score (nSPS) is 13.9. The zero-order chi connectivity index (χ0) is 24.7. The lowest BCUT2D eigenvalue weighted by Crippen LogP contribution is -2.37. The van der Waals surface area contributed by atoms with Crippen LogP contribution in [0.15, 0.2) is 36.4 Å². The van der Waals surface area contributed by atoms with Gasteiger partial charge in [-0.3, -0.25) is 23.5 Å². The van der Waals surface area contributed by atoms with Gasteiger partial charge in [0.15, 0.2) is 11.5 Å². The van der Waals surface area contributed by atoms with E-state index in [1.54, 1.807) is 36.4 Å². The first-order valence-electron chi connectivity index (χ1n) is 10.0. The smallest absolute Gasteiger partial charge is 0.264 e. The van der Waals surface area contributed by atoms with Crippen molar-refractivity contribution in [1.29, 1.82) is 0 Å². The molecule has 9 heteroatoms. The van der Waals surface area contributed by atoms with E-state index in [0.717, 1.165) is 4.90 Å². The third-order valence-electron chi connectivity index (χ3n) is 4.83. The minimum absolute atomic E-state index is 0.0544. The van der Waals surface area contributed by atoms with Crippen molar-refractivity contribution in [2.24, 2.45) is 0 Å². The third kappa shape index (κ3) is 5.41. The van der Waals surface area contributed by atoms with E-state index in [1.807, 2.05) is 6.92 Å². The number of terminal acetylenes is 1. The molecule has 0 bridgehead atoms. The summed E-state index contributed by atoms with van der Waals surface area (Å²) >= 11 is 0. The molecule has 0 fully saturated rings. The highest BCUT2D eigenvalue weighted by Crippen LogP contribution is 2.38. The second-order valence-corrected chi connectivity index (χ2v) is 8.47. The summed E-state index contributed by atoms with van der Waals surface area (Å²) in [7, 11) is 0.210. The van der Waals surface area contributed by atoms with Gasteiger partial charge in [0.05, 0.1) is 36.6 Å². The summed E-state index contributed by atoms with van der Waals surface area (Å²) in [4.78, 5) is 39.2. The molecular formula is C24H26N2O6S. The Hall–Kier alpha value is -3.64. The van der Waals surface area contributed by atoms with Crippen LogP contribution in [0.25, 0.3) is 0 Å². The quantitative estimate of drug-likeness (QED) is 0.470. The number of carbonyl (C=O) groups excluding carboxylic acids is 3. The third-order valence-corrected chi connectivity index (χ3v) is 5.62. The van der Waals surface area contributed by atoms with Gasteiger partial charge in [0.2, 0.25) is 5.91 Å². The van der Waals surface area contributed by atoms with Gasteiger partial charge in [-0.2, -0.15) is 0 Å². The lowest BCUT2D eigenvalue weighted by atomic mass is 10.1. The van der Waals surface area contributed by atoms with Gasteiger partial charge in [-0.1, -0.05) is 12.1 Å². The molecule has 1 aliphatic rings. The van der Waals surface area contributed by atoms with Crippen molar-refractivity contribution in [1.82, 2.24) is 4.90 Å². The number of rotatable bonds is 8. The average molecular weight is 471 g/mol. The number of nitrogens with zero attached hydrogens (tertiary/aromatic N) is 1. The van der Waals surface area contributed by atoms with Crippen molar-refractivity contribution in [3.8, 4) is 24.3 Å². The van der Waals surface area contributed by atoms with Crippen LogP contribution < -0.4 is 14.8 Å². The fourth-order valence-electron chi connectivity index (χ4n) is 3.59. The van der Waals surface area contributed by atoms with Crippen molar-refractivity contribution < 1.29 is 28.1 Å². The largest absolute Gasteiger partial charge is 0.493 e. The Morgan fingerprint density at radius 3 is 2.42 bits per heavy atom. The van der Waals surface area contributed by atoms with E-state index in [1.165, 1.54) is 20.3 Å². The predicted molar refractivity (Wildman–Crippen MR) is 127 cm³/mol. The van der Waals surface area contributed by atoms with Gasteiger partial charge in [-0.25, -0.2) is 0 Å². The molecular weight excluding hydrogens is 444 g/mol. The molecule has 2 aromatic rings. The number of benzene rings is 2. The lowest BCUT2D eigenvalue weighted by molar-refractivity contribution is -0.114. The Labute approximate surface area is 195 Å². The molecule has 0 aliphatic carbocycles. The van der Waals surface area contributed by atoms with Crippen LogP contribution in [0.2, 0.25) is 0 Å². The minimum Gasteiger partial charge on any atom is -0.493 e. The van der Waals surface area contributed by atoms with Gasteiger partial charge in [0.25, 0.3) is 11.8 Å². The van der Waals surface area contributed by atoms with Crippen LogP contribution in [0.1, 0.15) is 46.2 Å². The van der Waals surface area contributed by atoms with E-state index >= 15 is 0 Å². The van der Waals surface area contributed by atoms with Crippen LogP contribution in [0.5, 0.6) is 11.5 Å². The number of carbonyl (C=O) groups is 3. The zero-order valence-corrected chi connectivity index (χ0v) is 19.7. The van der Waals surface area contributed by atoms with E-state index in [9.17, 15) is 18.6 Å². The number of fused-ring (bicyclic) bond motifs is 1. The van der Waals surface area contributed by atoms with Gasteiger partial charge in [-0.05, 0) is 36.8 Å². The minimum atomic E-state index is -1.31. The van der Waals surface area contributed by atoms with E-state index in [0.29, 0.717) is 23.7 Å². The molecule has 0 radical (unpaired) electrons. The molecule has 3 rings (SSSR count). The first kappa shape index (κ1) is 25.6. The second-order valence-electron chi connectivity index (χ2n) is 6.99. The molecule has 3 amide bonds. The summed E-state index contributed by atoms with van der Waals surface area (Å²) in [6.45, 7) is 3.56. The van der Waals surface area contributed by atoms with Gasteiger partial charge < -0.3 is 14.8 Å². The van der Waals surface area contributed by atoms with Crippen molar-refractivity contribution in [3.63, 3.8) is 0 Å². The number of hydrogen-bond acceptors (Lipinski definition) is 6. The number of amides is 3. The highest BCUT2D eigenvalue weighted by molar-refractivity contribution is 7.84. The Balaban J connectivity index is 0.00000187. The van der Waals surface area contributed by atoms with Crippen LogP contribution in [-0.2, 0) is 15.6 Å². The number of imide groups is 1. The Kier molecular flexibility index (Phi) is 8.77. The molecule has 33 heavy (non-hydrogen) atoms. The Morgan fingerprint density at radius 2 is 1.85 bits per heavy atom. The highest BCUT2D eigenvalue weighted by atomic mass is 32.2. The van der Waals surface area contributed by atoms with Gasteiger partial charge in [-0.15, -0.1) is 12.8 Å². The van der Waals surface area contributed by atoms with E-state index < -0.39 is 28.7 Å². The molecule has 174 valence electrons. The van der Waals surface area contributed by atoms with Crippen LogP contribution in [-0.4, -0.2) is 52.6 Å². The molecule has 0 spiro atoms. The highest BCUT2D eigenvalue weighted by Gasteiger charge is 2.42. The molecule has 1 unspecified atom stereocenters. The molecule has 1 heterocycles. The van der Waals surface area contributed by atoms with Crippen LogP contribution in [0, 0.1) is 12.8 Å². The molecule has 0 saturated carbocycles. The maximum Gasteiger partial charge on any atom is 0.264 e. The SMILES string of the molecule is C#C.CCOc1cc([C@@H](CS(C)=O)N2C(=O)c3cccc(NC(C)=O)c3C2=O)ccc1OC. The molecule has 0 aromatic heterocycles. The van der Waals surface area contributed by atoms with Crippen molar-refractivity contribution in [3.05, 3.63) is 53.1 Å². The van der Waals surface area contributed by atoms with Crippen LogP contribution in [0.3, 0.4) is 0 Å². The van der Waals surface area contributed by atoms with Gasteiger partial charge >= 0.3 is 0 Å². The molecule has 1 aliphatic heterocycles. The predicted octanol–water partition coefficient (Wildman–Crippen LogP) is 3.02. The van der Waals surface area contributed by atoms with Crippen LogP contribution in [0.4, 0.5) is 5.69 Å². The van der Waals surface area contributed by atoms with Crippen molar-refractivity contribution in [2.75, 3.05) is 31.0 Å². The molecule has 1 N–H and O–H groups in total.